The van der Waals surface area contributed by atoms with Gasteiger partial charge in [0.1, 0.15) is 23.6 Å². The Kier molecular flexibility index (Phi) is 8.61. The number of carbonyl (C=O) groups is 2. The lowest BCUT2D eigenvalue weighted by atomic mass is 10.0. The molecule has 2 aliphatic rings. The lowest BCUT2D eigenvalue weighted by Crippen LogP contribution is -2.34. The Hall–Kier alpha value is -4.54. The molecule has 2 atom stereocenters. The standard InChI is InChI=1S/C27H27ClF2N8O3.C2H2/c1-15-6-31-25-20(7-32-38(25)8-15)26(40)33-21-13-37(14-23(39)36-11-16-9-35(2)10-17(16)12-36)34-24(21)19-5-18(28)3-4-22(19)41-27(29)30;1-2/h3-8,13,16-17,27H,9-12,14H2,1-2H3,(H,33,40);1-2H. The van der Waals surface area contributed by atoms with Crippen LogP contribution in [0, 0.1) is 31.6 Å². The second-order valence-corrected chi connectivity index (χ2v) is 11.0. The van der Waals surface area contributed by atoms with Gasteiger partial charge in [0.2, 0.25) is 5.91 Å². The summed E-state index contributed by atoms with van der Waals surface area (Å²) < 4.78 is 34.1. The topological polar surface area (TPSA) is 110 Å². The third kappa shape index (κ3) is 6.30. The molecule has 2 unspecified atom stereocenters. The number of fused-ring (bicyclic) bond motifs is 2. The number of nitrogens with one attached hydrogen (secondary N) is 1. The fourth-order valence-electron chi connectivity index (χ4n) is 5.67. The molecule has 5 heterocycles. The van der Waals surface area contributed by atoms with Crippen LogP contribution in [0.15, 0.2) is 43.0 Å². The summed E-state index contributed by atoms with van der Waals surface area (Å²) in [7, 11) is 2.08. The summed E-state index contributed by atoms with van der Waals surface area (Å²) >= 11 is 6.21. The number of hydrogen-bond acceptors (Lipinski definition) is 7. The number of amides is 2. The predicted molar refractivity (Wildman–Crippen MR) is 156 cm³/mol. The van der Waals surface area contributed by atoms with Crippen LogP contribution in [0.25, 0.3) is 16.9 Å². The molecule has 224 valence electrons. The molecule has 3 aromatic heterocycles. The molecule has 14 heteroatoms. The summed E-state index contributed by atoms with van der Waals surface area (Å²) in [5.74, 6) is 0.0391. The number of anilines is 1. The van der Waals surface area contributed by atoms with Gasteiger partial charge in [-0.15, -0.1) is 12.8 Å². The van der Waals surface area contributed by atoms with E-state index in [0.29, 0.717) is 30.6 Å². The molecule has 1 N–H and O–H groups in total. The van der Waals surface area contributed by atoms with Crippen molar-refractivity contribution in [1.82, 2.24) is 34.2 Å². The average molecular weight is 611 g/mol. The smallest absolute Gasteiger partial charge is 0.387 e. The lowest BCUT2D eigenvalue weighted by molar-refractivity contribution is -0.131. The van der Waals surface area contributed by atoms with Crippen LogP contribution in [-0.2, 0) is 11.3 Å². The molecular formula is C29H29ClF2N8O3. The van der Waals surface area contributed by atoms with Crippen molar-refractivity contribution in [2.24, 2.45) is 11.8 Å². The molecule has 0 aliphatic carbocycles. The number of halogens is 3. The van der Waals surface area contributed by atoms with E-state index in [1.54, 1.807) is 12.4 Å². The maximum absolute atomic E-state index is 13.4. The Bertz CT molecular complexity index is 1670. The summed E-state index contributed by atoms with van der Waals surface area (Å²) in [5.41, 5.74) is 1.82. The van der Waals surface area contributed by atoms with E-state index in [1.165, 1.54) is 39.8 Å². The lowest BCUT2D eigenvalue weighted by Gasteiger charge is -2.19. The summed E-state index contributed by atoms with van der Waals surface area (Å²) in [6.07, 6.45) is 14.2. The average Bonchev–Trinajstić information content (AvgIpc) is 3.73. The van der Waals surface area contributed by atoms with Crippen molar-refractivity contribution in [3.63, 3.8) is 0 Å². The van der Waals surface area contributed by atoms with E-state index >= 15 is 0 Å². The van der Waals surface area contributed by atoms with Crippen LogP contribution in [0.4, 0.5) is 14.5 Å². The first-order chi connectivity index (χ1) is 20.6. The number of nitrogens with zero attached hydrogens (tertiary/aromatic N) is 7. The van der Waals surface area contributed by atoms with Gasteiger partial charge in [0.15, 0.2) is 5.65 Å². The molecule has 1 aromatic carbocycles. The maximum atomic E-state index is 13.4. The third-order valence-electron chi connectivity index (χ3n) is 7.47. The first-order valence-corrected chi connectivity index (χ1v) is 13.8. The van der Waals surface area contributed by atoms with E-state index < -0.39 is 12.5 Å². The highest BCUT2D eigenvalue weighted by molar-refractivity contribution is 6.31. The minimum Gasteiger partial charge on any atom is -0.434 e. The summed E-state index contributed by atoms with van der Waals surface area (Å²) in [6, 6.07) is 4.13. The zero-order chi connectivity index (χ0) is 30.8. The number of rotatable bonds is 7. The van der Waals surface area contributed by atoms with Crippen molar-refractivity contribution < 1.29 is 23.1 Å². The van der Waals surface area contributed by atoms with E-state index in [4.69, 9.17) is 16.3 Å². The van der Waals surface area contributed by atoms with Gasteiger partial charge in [-0.25, -0.2) is 9.50 Å². The molecule has 6 rings (SSSR count). The van der Waals surface area contributed by atoms with Gasteiger partial charge in [-0.1, -0.05) is 11.6 Å². The van der Waals surface area contributed by atoms with Gasteiger partial charge in [-0.3, -0.25) is 14.3 Å². The zero-order valence-electron chi connectivity index (χ0n) is 23.5. The number of alkyl halides is 2. The van der Waals surface area contributed by atoms with Gasteiger partial charge in [0.05, 0.1) is 11.9 Å². The van der Waals surface area contributed by atoms with Crippen molar-refractivity contribution >= 4 is 34.7 Å². The number of benzene rings is 1. The minimum absolute atomic E-state index is 0.0959. The fourth-order valence-corrected chi connectivity index (χ4v) is 5.84. The highest BCUT2D eigenvalue weighted by atomic mass is 35.5. The summed E-state index contributed by atoms with van der Waals surface area (Å²) in [4.78, 5) is 35.0. The van der Waals surface area contributed by atoms with Gasteiger partial charge in [-0.2, -0.15) is 19.0 Å². The first kappa shape index (κ1) is 29.9. The molecule has 0 radical (unpaired) electrons. The van der Waals surface area contributed by atoms with Crippen molar-refractivity contribution in [1.29, 1.82) is 0 Å². The zero-order valence-corrected chi connectivity index (χ0v) is 24.2. The van der Waals surface area contributed by atoms with Crippen molar-refractivity contribution in [2.75, 3.05) is 38.5 Å². The summed E-state index contributed by atoms with van der Waals surface area (Å²) in [6.45, 7) is 1.92. The SMILES string of the molecule is C#C.Cc1cnc2c(C(=O)Nc3cn(CC(=O)N4CC5CN(C)CC5C4)nc3-c3cc(Cl)ccc3OC(F)F)cnn2c1. The Morgan fingerprint density at radius 3 is 2.56 bits per heavy atom. The molecule has 2 fully saturated rings. The molecule has 2 saturated heterocycles. The van der Waals surface area contributed by atoms with Gasteiger partial charge in [0.25, 0.3) is 5.91 Å². The van der Waals surface area contributed by atoms with E-state index in [2.05, 4.69) is 45.3 Å². The monoisotopic (exact) mass is 610 g/mol. The van der Waals surface area contributed by atoms with E-state index in [0.717, 1.165) is 18.7 Å². The molecule has 0 bridgehead atoms. The van der Waals surface area contributed by atoms with Crippen LogP contribution in [0.2, 0.25) is 5.02 Å². The number of ether oxygens (including phenoxy) is 1. The number of likely N-dealkylation sites (tertiary alicyclic amines) is 2. The number of carbonyl (C=O) groups excluding carboxylic acids is 2. The molecule has 11 nitrogen and oxygen atoms in total. The second kappa shape index (κ2) is 12.4. The molecule has 0 saturated carbocycles. The van der Waals surface area contributed by atoms with E-state index in [9.17, 15) is 18.4 Å². The molecule has 0 spiro atoms. The number of aryl methyl sites for hydroxylation is 1. The van der Waals surface area contributed by atoms with Crippen LogP contribution >= 0.6 is 11.6 Å². The second-order valence-electron chi connectivity index (χ2n) is 10.6. The highest BCUT2D eigenvalue weighted by Gasteiger charge is 2.40. The molecule has 4 aromatic rings. The minimum atomic E-state index is -3.10. The Balaban J connectivity index is 0.00000180. The number of hydrogen-bond donors (Lipinski definition) is 1. The van der Waals surface area contributed by atoms with Crippen molar-refractivity contribution in [3.8, 4) is 29.9 Å². The molecule has 2 aliphatic heterocycles. The van der Waals surface area contributed by atoms with Gasteiger partial charge in [-0.05, 0) is 49.6 Å². The first-order valence-electron chi connectivity index (χ1n) is 13.4. The number of terminal acetylenes is 1. The number of aromatic nitrogens is 5. The van der Waals surface area contributed by atoms with Crippen LogP contribution in [0.5, 0.6) is 5.75 Å². The quantitative estimate of drug-likeness (QED) is 0.318. The van der Waals surface area contributed by atoms with Crippen LogP contribution in [-0.4, -0.2) is 85.8 Å². The van der Waals surface area contributed by atoms with E-state index in [1.807, 2.05) is 11.8 Å². The Morgan fingerprint density at radius 1 is 1.14 bits per heavy atom. The van der Waals surface area contributed by atoms with Gasteiger partial charge < -0.3 is 19.9 Å². The Morgan fingerprint density at radius 2 is 1.86 bits per heavy atom. The Labute approximate surface area is 251 Å². The highest BCUT2D eigenvalue weighted by Crippen LogP contribution is 2.37. The molecule has 43 heavy (non-hydrogen) atoms. The molecular weight excluding hydrogens is 582 g/mol. The summed E-state index contributed by atoms with van der Waals surface area (Å²) in [5, 5.41) is 11.8. The van der Waals surface area contributed by atoms with Crippen molar-refractivity contribution in [2.45, 2.75) is 20.1 Å². The third-order valence-corrected chi connectivity index (χ3v) is 7.71. The normalized spacial score (nSPS) is 18.0. The predicted octanol–water partition coefficient (Wildman–Crippen LogP) is 3.68. The largest absolute Gasteiger partial charge is 0.434 e. The van der Waals surface area contributed by atoms with Crippen LogP contribution in [0.3, 0.4) is 0 Å². The van der Waals surface area contributed by atoms with Crippen LogP contribution < -0.4 is 10.1 Å². The van der Waals surface area contributed by atoms with Crippen molar-refractivity contribution in [3.05, 3.63) is 59.1 Å². The fraction of sp³-hybridized carbons (Fsp3) is 0.345. The van der Waals surface area contributed by atoms with Gasteiger partial charge >= 0.3 is 6.61 Å². The maximum Gasteiger partial charge on any atom is 0.387 e. The van der Waals surface area contributed by atoms with Gasteiger partial charge in [0, 0.05) is 55.4 Å². The van der Waals surface area contributed by atoms with Crippen LogP contribution in [0.1, 0.15) is 15.9 Å². The molecule has 2 amide bonds. The van der Waals surface area contributed by atoms with E-state index in [-0.39, 0.29) is 45.7 Å².